The van der Waals surface area contributed by atoms with Crippen molar-refractivity contribution in [2.45, 2.75) is 23.8 Å². The van der Waals surface area contributed by atoms with E-state index in [2.05, 4.69) is 4.98 Å². The van der Waals surface area contributed by atoms with Crippen LogP contribution in [0.3, 0.4) is 0 Å². The number of nitrogens with zero attached hydrogens (tertiary/aromatic N) is 2. The zero-order valence-electron chi connectivity index (χ0n) is 13.6. The number of halogens is 1. The fourth-order valence-corrected chi connectivity index (χ4v) is 5.71. The molecule has 0 N–H and O–H groups in total. The maximum atomic E-state index is 13.5. The monoisotopic (exact) mass is 362 g/mol. The fourth-order valence-electron chi connectivity index (χ4n) is 3.94. The second-order valence-corrected chi connectivity index (χ2v) is 8.57. The van der Waals surface area contributed by atoms with Gasteiger partial charge in [-0.05, 0) is 24.5 Å². The third-order valence-corrected chi connectivity index (χ3v) is 7.01. The summed E-state index contributed by atoms with van der Waals surface area (Å²) >= 11 is 0. The molecule has 3 heterocycles. The van der Waals surface area contributed by atoms with Gasteiger partial charge in [-0.25, -0.2) is 12.8 Å². The van der Waals surface area contributed by atoms with E-state index in [0.29, 0.717) is 19.8 Å². The predicted octanol–water partition coefficient (Wildman–Crippen LogP) is 2.76. The van der Waals surface area contributed by atoms with Gasteiger partial charge in [0.15, 0.2) is 0 Å². The molecule has 0 saturated carbocycles. The van der Waals surface area contributed by atoms with Crippen LogP contribution in [0, 0.1) is 11.2 Å². The minimum Gasteiger partial charge on any atom is -0.381 e. The summed E-state index contributed by atoms with van der Waals surface area (Å²) in [7, 11) is -3.81. The van der Waals surface area contributed by atoms with E-state index in [9.17, 15) is 12.8 Å². The molecule has 4 rings (SSSR count). The number of benzene rings is 1. The SMILES string of the molecule is O=S(=O)(c1cncc(F)c1)N1CC2(CCOCC2)C1c1ccccc1. The van der Waals surface area contributed by atoms with Crippen LogP contribution in [-0.2, 0) is 14.8 Å². The second kappa shape index (κ2) is 6.16. The first-order chi connectivity index (χ1) is 12.0. The Bertz CT molecular complexity index is 867. The van der Waals surface area contributed by atoms with Gasteiger partial charge in [-0.3, -0.25) is 4.98 Å². The molecule has 0 aliphatic carbocycles. The van der Waals surface area contributed by atoms with Gasteiger partial charge >= 0.3 is 0 Å². The van der Waals surface area contributed by atoms with E-state index in [1.54, 1.807) is 0 Å². The lowest BCUT2D eigenvalue weighted by Crippen LogP contribution is -2.62. The van der Waals surface area contributed by atoms with Crippen LogP contribution in [-0.4, -0.2) is 37.5 Å². The number of aromatic nitrogens is 1. The summed E-state index contributed by atoms with van der Waals surface area (Å²) < 4.78 is 46.6. The minimum absolute atomic E-state index is 0.102. The van der Waals surface area contributed by atoms with Crippen LogP contribution in [0.5, 0.6) is 0 Å². The van der Waals surface area contributed by atoms with Gasteiger partial charge in [-0.1, -0.05) is 30.3 Å². The molecule has 1 spiro atoms. The van der Waals surface area contributed by atoms with E-state index in [0.717, 1.165) is 30.7 Å². The summed E-state index contributed by atoms with van der Waals surface area (Å²) in [6.45, 7) is 1.70. The number of hydrogen-bond donors (Lipinski definition) is 0. The molecule has 1 aromatic heterocycles. The lowest BCUT2D eigenvalue weighted by molar-refractivity contribution is -0.0952. The molecule has 2 aliphatic rings. The Labute approximate surface area is 146 Å². The molecule has 1 aromatic carbocycles. The van der Waals surface area contributed by atoms with Crippen LogP contribution < -0.4 is 0 Å². The van der Waals surface area contributed by atoms with E-state index >= 15 is 0 Å². The van der Waals surface area contributed by atoms with Gasteiger partial charge in [0.2, 0.25) is 10.0 Å². The van der Waals surface area contributed by atoms with Crippen molar-refractivity contribution in [2.75, 3.05) is 19.8 Å². The van der Waals surface area contributed by atoms with Crippen molar-refractivity contribution in [3.8, 4) is 0 Å². The van der Waals surface area contributed by atoms with Gasteiger partial charge in [0.05, 0.1) is 12.2 Å². The zero-order valence-corrected chi connectivity index (χ0v) is 14.5. The van der Waals surface area contributed by atoms with E-state index < -0.39 is 15.8 Å². The lowest BCUT2D eigenvalue weighted by atomic mass is 9.65. The molecule has 0 amide bonds. The van der Waals surface area contributed by atoms with Crippen LogP contribution in [0.1, 0.15) is 24.4 Å². The first-order valence-electron chi connectivity index (χ1n) is 8.28. The molecule has 1 atom stereocenters. The average molecular weight is 362 g/mol. The molecule has 2 saturated heterocycles. The van der Waals surface area contributed by atoms with Crippen molar-refractivity contribution in [2.24, 2.45) is 5.41 Å². The summed E-state index contributed by atoms with van der Waals surface area (Å²) in [6.07, 6.45) is 3.85. The highest BCUT2D eigenvalue weighted by atomic mass is 32.2. The Morgan fingerprint density at radius 2 is 1.88 bits per heavy atom. The number of rotatable bonds is 3. The van der Waals surface area contributed by atoms with Crippen molar-refractivity contribution in [3.63, 3.8) is 0 Å². The van der Waals surface area contributed by atoms with Crippen molar-refractivity contribution < 1.29 is 17.5 Å². The highest BCUT2D eigenvalue weighted by molar-refractivity contribution is 7.89. The van der Waals surface area contributed by atoms with E-state index in [1.165, 1.54) is 10.5 Å². The zero-order chi connectivity index (χ0) is 17.5. The molecular formula is C18H19FN2O3S. The van der Waals surface area contributed by atoms with Gasteiger partial charge in [0.25, 0.3) is 0 Å². The summed E-state index contributed by atoms with van der Waals surface area (Å²) in [5, 5.41) is 0. The molecule has 25 heavy (non-hydrogen) atoms. The Kier molecular flexibility index (Phi) is 4.10. The predicted molar refractivity (Wildman–Crippen MR) is 89.8 cm³/mol. The van der Waals surface area contributed by atoms with Crippen molar-refractivity contribution in [1.82, 2.24) is 9.29 Å². The second-order valence-electron chi connectivity index (χ2n) is 6.68. The molecule has 2 aromatic rings. The quantitative estimate of drug-likeness (QED) is 0.842. The normalized spacial score (nSPS) is 23.3. The van der Waals surface area contributed by atoms with Crippen LogP contribution in [0.25, 0.3) is 0 Å². The highest BCUT2D eigenvalue weighted by Crippen LogP contribution is 2.56. The van der Waals surface area contributed by atoms with Crippen LogP contribution >= 0.6 is 0 Å². The fraction of sp³-hybridized carbons (Fsp3) is 0.389. The molecule has 132 valence electrons. The van der Waals surface area contributed by atoms with Gasteiger partial charge in [-0.15, -0.1) is 0 Å². The maximum absolute atomic E-state index is 13.5. The summed E-state index contributed by atoms with van der Waals surface area (Å²) in [4.78, 5) is 3.59. The van der Waals surface area contributed by atoms with Gasteiger partial charge in [0.1, 0.15) is 10.7 Å². The Morgan fingerprint density at radius 3 is 2.56 bits per heavy atom. The number of pyridine rings is 1. The first kappa shape index (κ1) is 16.6. The van der Waals surface area contributed by atoms with Crippen LogP contribution in [0.4, 0.5) is 4.39 Å². The van der Waals surface area contributed by atoms with E-state index in [-0.39, 0.29) is 16.4 Å². The third-order valence-electron chi connectivity index (χ3n) is 5.23. The summed E-state index contributed by atoms with van der Waals surface area (Å²) in [5.41, 5.74) is 0.844. The third kappa shape index (κ3) is 2.76. The Balaban J connectivity index is 1.74. The van der Waals surface area contributed by atoms with E-state index in [1.807, 2.05) is 30.3 Å². The van der Waals surface area contributed by atoms with E-state index in [4.69, 9.17) is 4.74 Å². The molecular weight excluding hydrogens is 343 g/mol. The number of sulfonamides is 1. The van der Waals surface area contributed by atoms with Crippen molar-refractivity contribution in [1.29, 1.82) is 0 Å². The number of hydrogen-bond acceptors (Lipinski definition) is 4. The maximum Gasteiger partial charge on any atom is 0.245 e. The first-order valence-corrected chi connectivity index (χ1v) is 9.72. The van der Waals surface area contributed by atoms with Gasteiger partial charge in [-0.2, -0.15) is 4.31 Å². The van der Waals surface area contributed by atoms with Crippen LogP contribution in [0.15, 0.2) is 53.7 Å². The lowest BCUT2D eigenvalue weighted by Gasteiger charge is -2.58. The molecule has 7 heteroatoms. The number of ether oxygens (including phenoxy) is 1. The topological polar surface area (TPSA) is 59.5 Å². The Morgan fingerprint density at radius 1 is 1.16 bits per heavy atom. The van der Waals surface area contributed by atoms with Crippen molar-refractivity contribution in [3.05, 3.63) is 60.2 Å². The smallest absolute Gasteiger partial charge is 0.245 e. The van der Waals surface area contributed by atoms with Crippen LogP contribution in [0.2, 0.25) is 0 Å². The van der Waals surface area contributed by atoms with Gasteiger partial charge in [0, 0.05) is 31.4 Å². The molecule has 0 radical (unpaired) electrons. The standard InChI is InChI=1S/C18H19FN2O3S/c19-15-10-16(12-20-11-15)25(22,23)21-13-18(6-8-24-9-7-18)17(21)14-4-2-1-3-5-14/h1-5,10-12,17H,6-9,13H2. The highest BCUT2D eigenvalue weighted by Gasteiger charge is 2.57. The molecule has 2 aliphatic heterocycles. The Hall–Kier alpha value is -1.83. The van der Waals surface area contributed by atoms with Crippen molar-refractivity contribution >= 4 is 10.0 Å². The summed E-state index contributed by atoms with van der Waals surface area (Å²) in [5.74, 6) is -0.654. The average Bonchev–Trinajstić information content (AvgIpc) is 2.61. The minimum atomic E-state index is -3.81. The molecule has 1 unspecified atom stereocenters. The summed E-state index contributed by atoms with van der Waals surface area (Å²) in [6, 6.07) is 10.4. The van der Waals surface area contributed by atoms with Gasteiger partial charge < -0.3 is 4.74 Å². The largest absolute Gasteiger partial charge is 0.381 e. The molecule has 2 fully saturated rings. The molecule has 0 bridgehead atoms. The molecule has 5 nitrogen and oxygen atoms in total.